The van der Waals surface area contributed by atoms with Crippen molar-refractivity contribution in [1.29, 1.82) is 0 Å². The number of anilines is 1. The molecule has 1 aromatic rings. The highest BCUT2D eigenvalue weighted by Crippen LogP contribution is 2.27. The Morgan fingerprint density at radius 1 is 0.926 bits per heavy atom. The van der Waals surface area contributed by atoms with Gasteiger partial charge >= 0.3 is 0 Å². The molecule has 0 unspecified atom stereocenters. The minimum atomic E-state index is -0.0419. The average Bonchev–Trinajstić information content (AvgIpc) is 2.67. The van der Waals surface area contributed by atoms with Gasteiger partial charge in [-0.1, -0.05) is 32.0 Å². The van der Waals surface area contributed by atoms with Crippen LogP contribution in [-0.4, -0.2) is 60.2 Å². The van der Waals surface area contributed by atoms with Crippen LogP contribution < -0.4 is 4.90 Å². The van der Waals surface area contributed by atoms with Crippen molar-refractivity contribution in [3.05, 3.63) is 29.3 Å². The molecule has 0 atom stereocenters. The lowest BCUT2D eigenvalue weighted by atomic mass is 10.0. The summed E-state index contributed by atoms with van der Waals surface area (Å²) < 4.78 is 0. The van der Waals surface area contributed by atoms with E-state index in [0.29, 0.717) is 39.1 Å². The fourth-order valence-electron chi connectivity index (χ4n) is 3.62. The molecule has 0 saturated carbocycles. The summed E-state index contributed by atoms with van der Waals surface area (Å²) in [5, 5.41) is 0. The predicted octanol–water partition coefficient (Wildman–Crippen LogP) is 2.25. The lowest BCUT2D eigenvalue weighted by Crippen LogP contribution is -2.50. The number of rotatable bonds is 6. The van der Waals surface area contributed by atoms with Gasteiger partial charge in [0.15, 0.2) is 0 Å². The maximum absolute atomic E-state index is 12.6. The first-order chi connectivity index (χ1) is 12.9. The minimum absolute atomic E-state index is 0.0384. The maximum atomic E-state index is 12.6. The molecule has 27 heavy (non-hydrogen) atoms. The Bertz CT molecular complexity index is 672. The Morgan fingerprint density at radius 3 is 1.89 bits per heavy atom. The third kappa shape index (κ3) is 5.08. The van der Waals surface area contributed by atoms with E-state index in [4.69, 9.17) is 0 Å². The van der Waals surface area contributed by atoms with E-state index in [2.05, 4.69) is 13.8 Å². The van der Waals surface area contributed by atoms with Crippen molar-refractivity contribution in [2.75, 3.05) is 37.6 Å². The van der Waals surface area contributed by atoms with Crippen molar-refractivity contribution < 1.29 is 14.4 Å². The molecule has 6 nitrogen and oxygen atoms in total. The van der Waals surface area contributed by atoms with Gasteiger partial charge in [0.1, 0.15) is 0 Å². The summed E-state index contributed by atoms with van der Waals surface area (Å²) in [6.07, 6.45) is 1.97. The topological polar surface area (TPSA) is 60.9 Å². The summed E-state index contributed by atoms with van der Waals surface area (Å²) in [6.45, 7) is 9.93. The van der Waals surface area contributed by atoms with E-state index in [9.17, 15) is 14.4 Å². The molecule has 148 valence electrons. The normalized spacial score (nSPS) is 14.2. The summed E-state index contributed by atoms with van der Waals surface area (Å²) >= 11 is 0. The van der Waals surface area contributed by atoms with Crippen LogP contribution in [0, 0.1) is 0 Å². The summed E-state index contributed by atoms with van der Waals surface area (Å²) in [6, 6.07) is 6.12. The molecule has 0 aliphatic carbocycles. The number of carbonyl (C=O) groups is 3. The van der Waals surface area contributed by atoms with E-state index >= 15 is 0 Å². The zero-order valence-electron chi connectivity index (χ0n) is 17.0. The van der Waals surface area contributed by atoms with Crippen molar-refractivity contribution in [2.45, 2.75) is 47.0 Å². The van der Waals surface area contributed by atoms with E-state index in [1.165, 1.54) is 0 Å². The SMILES string of the molecule is CCc1cccc(CC)c1N(CCC(=O)N1CCN(C(C)=O)CC1)C(C)=O. The van der Waals surface area contributed by atoms with Gasteiger partial charge in [-0.25, -0.2) is 0 Å². The second kappa shape index (κ2) is 9.53. The van der Waals surface area contributed by atoms with Crippen molar-refractivity contribution in [2.24, 2.45) is 0 Å². The number of hydrogen-bond donors (Lipinski definition) is 0. The van der Waals surface area contributed by atoms with Crippen LogP contribution in [0.25, 0.3) is 0 Å². The molecule has 0 spiro atoms. The molecular weight excluding hydrogens is 342 g/mol. The van der Waals surface area contributed by atoms with E-state index < -0.39 is 0 Å². The number of nitrogens with zero attached hydrogens (tertiary/aromatic N) is 3. The third-order valence-electron chi connectivity index (χ3n) is 5.24. The fourth-order valence-corrected chi connectivity index (χ4v) is 3.62. The zero-order valence-corrected chi connectivity index (χ0v) is 17.0. The molecule has 2 rings (SSSR count). The van der Waals surface area contributed by atoms with Gasteiger partial charge < -0.3 is 14.7 Å². The number of hydrogen-bond acceptors (Lipinski definition) is 3. The van der Waals surface area contributed by atoms with Gasteiger partial charge in [-0.2, -0.15) is 0 Å². The standard InChI is InChI=1S/C21H31N3O3/c1-5-18-8-7-9-19(6-2)21(18)24(17(4)26)11-10-20(27)23-14-12-22(13-15-23)16(3)25/h7-9H,5-6,10-15H2,1-4H3. The second-order valence-corrected chi connectivity index (χ2v) is 6.94. The Kier molecular flexibility index (Phi) is 7.39. The molecule has 1 saturated heterocycles. The van der Waals surface area contributed by atoms with Crippen molar-refractivity contribution in [1.82, 2.24) is 9.80 Å². The molecule has 0 radical (unpaired) electrons. The smallest absolute Gasteiger partial charge is 0.224 e. The predicted molar refractivity (Wildman–Crippen MR) is 107 cm³/mol. The summed E-state index contributed by atoms with van der Waals surface area (Å²) in [7, 11) is 0. The molecular formula is C21H31N3O3. The van der Waals surface area contributed by atoms with Crippen LogP contribution in [0.5, 0.6) is 0 Å². The number of piperazine rings is 1. The van der Waals surface area contributed by atoms with E-state index in [1.54, 1.807) is 28.5 Å². The Labute approximate surface area is 162 Å². The van der Waals surface area contributed by atoms with Crippen LogP contribution in [0.15, 0.2) is 18.2 Å². The van der Waals surface area contributed by atoms with Gasteiger partial charge in [0.05, 0.1) is 0 Å². The second-order valence-electron chi connectivity index (χ2n) is 6.94. The van der Waals surface area contributed by atoms with E-state index in [0.717, 1.165) is 29.7 Å². The first-order valence-corrected chi connectivity index (χ1v) is 9.81. The lowest BCUT2D eigenvalue weighted by molar-refractivity contribution is -0.138. The van der Waals surface area contributed by atoms with Crippen LogP contribution in [0.2, 0.25) is 0 Å². The molecule has 1 aliphatic heterocycles. The average molecular weight is 373 g/mol. The largest absolute Gasteiger partial charge is 0.339 e. The number of aryl methyl sites for hydroxylation is 2. The maximum Gasteiger partial charge on any atom is 0.224 e. The fraction of sp³-hybridized carbons (Fsp3) is 0.571. The van der Waals surface area contributed by atoms with Crippen LogP contribution in [0.4, 0.5) is 5.69 Å². The minimum Gasteiger partial charge on any atom is -0.339 e. The van der Waals surface area contributed by atoms with Gasteiger partial charge in [-0.3, -0.25) is 14.4 Å². The Hall–Kier alpha value is -2.37. The molecule has 6 heteroatoms. The molecule has 0 aromatic heterocycles. The highest BCUT2D eigenvalue weighted by atomic mass is 16.2. The summed E-state index contributed by atoms with van der Waals surface area (Å²) in [5.74, 6) is 0.0457. The van der Waals surface area contributed by atoms with Crippen LogP contribution in [0.1, 0.15) is 45.2 Å². The van der Waals surface area contributed by atoms with Crippen LogP contribution >= 0.6 is 0 Å². The number of para-hydroxylation sites is 1. The zero-order chi connectivity index (χ0) is 20.0. The van der Waals surface area contributed by atoms with E-state index in [1.807, 2.05) is 18.2 Å². The molecule has 1 aromatic carbocycles. The Balaban J connectivity index is 2.07. The number of benzene rings is 1. The van der Waals surface area contributed by atoms with Gasteiger partial charge in [0.25, 0.3) is 0 Å². The molecule has 3 amide bonds. The lowest BCUT2D eigenvalue weighted by Gasteiger charge is -2.35. The molecule has 0 N–H and O–H groups in total. The van der Waals surface area contributed by atoms with E-state index in [-0.39, 0.29) is 17.7 Å². The van der Waals surface area contributed by atoms with Crippen molar-refractivity contribution >= 4 is 23.4 Å². The van der Waals surface area contributed by atoms with Gasteiger partial charge in [0, 0.05) is 58.7 Å². The van der Waals surface area contributed by atoms with Crippen molar-refractivity contribution in [3.8, 4) is 0 Å². The molecule has 1 aliphatic rings. The van der Waals surface area contributed by atoms with Gasteiger partial charge in [0.2, 0.25) is 17.7 Å². The van der Waals surface area contributed by atoms with Crippen LogP contribution in [0.3, 0.4) is 0 Å². The Morgan fingerprint density at radius 2 is 1.44 bits per heavy atom. The molecule has 0 bridgehead atoms. The van der Waals surface area contributed by atoms with Crippen molar-refractivity contribution in [3.63, 3.8) is 0 Å². The highest BCUT2D eigenvalue weighted by Gasteiger charge is 2.24. The van der Waals surface area contributed by atoms with Gasteiger partial charge in [-0.15, -0.1) is 0 Å². The number of amides is 3. The first kappa shape index (κ1) is 20.9. The van der Waals surface area contributed by atoms with Gasteiger partial charge in [-0.05, 0) is 24.0 Å². The first-order valence-electron chi connectivity index (χ1n) is 9.81. The summed E-state index contributed by atoms with van der Waals surface area (Å²) in [4.78, 5) is 41.7. The third-order valence-corrected chi connectivity index (χ3v) is 5.24. The number of carbonyl (C=O) groups excluding carboxylic acids is 3. The highest BCUT2D eigenvalue weighted by molar-refractivity contribution is 5.94. The van der Waals surface area contributed by atoms with Crippen LogP contribution in [-0.2, 0) is 27.2 Å². The molecule has 1 heterocycles. The monoisotopic (exact) mass is 373 g/mol. The summed E-state index contributed by atoms with van der Waals surface area (Å²) in [5.41, 5.74) is 3.23. The quantitative estimate of drug-likeness (QED) is 0.768. The molecule has 1 fully saturated rings.